The van der Waals surface area contributed by atoms with Crippen LogP contribution in [0.5, 0.6) is 5.75 Å². The molecule has 2 bridgehead atoms. The molecule has 4 unspecified atom stereocenters. The fourth-order valence-electron chi connectivity index (χ4n) is 9.41. The molecule has 0 aliphatic carbocycles. The van der Waals surface area contributed by atoms with Gasteiger partial charge in [0.25, 0.3) is 0 Å². The molecule has 2 aromatic carbocycles. The predicted molar refractivity (Wildman–Crippen MR) is 279 cm³/mol. The number of ether oxygens (including phenoxy) is 1. The highest BCUT2D eigenvalue weighted by atomic mass is 19.1. The number of unbranched alkanes of at least 4 members (excludes halogenated alkanes) is 5. The first-order valence-electron chi connectivity index (χ1n) is 26.1. The standard InChI is InChI=1S/C54H80FN11O7/c1-9-42(37-19-15-14-16-20-37)62-51(70)43-30-39(33-66(43)53(72)48(54(5,6)7)64-50(69)36(4)57-8)61-47(68)22-18-13-11-10-12-17-21-46(67)58-27-28-65-32-34(2)73-44-24-23-38(55)29-40(44)35(3)60-45-25-26-59-49(63-45)41(31-56)52(65)71/h14-16,19-20,23-26,29,31,34-36,39,41-43,48-49,56-57,60,63H,9-13,17-18,21-22,27-28,30,32-33H2,1-8H3,(H,58,67)(H,61,68)(H,62,70)(H,64,69)/p+1/t34?,35-,36+,39+,41?,42?,43+,48-,49?/m1/s1. The van der Waals surface area contributed by atoms with Gasteiger partial charge in [-0.3, -0.25) is 39.2 Å². The highest BCUT2D eigenvalue weighted by Crippen LogP contribution is 2.30. The fourth-order valence-corrected chi connectivity index (χ4v) is 9.41. The van der Waals surface area contributed by atoms with Gasteiger partial charge >= 0.3 is 0 Å². The molecule has 1 fully saturated rings. The number of fused-ring (bicyclic) bond motifs is 3. The zero-order valence-electron chi connectivity index (χ0n) is 44.1. The Morgan fingerprint density at radius 1 is 0.945 bits per heavy atom. The van der Waals surface area contributed by atoms with Crippen molar-refractivity contribution in [3.05, 3.63) is 77.4 Å². The monoisotopic (exact) mass is 1010 g/mol. The summed E-state index contributed by atoms with van der Waals surface area (Å²) in [6, 6.07) is 10.6. The number of aliphatic imine (C=N–C) groups is 1. The molecule has 18 nitrogen and oxygen atoms in total. The molecule has 5 rings (SSSR count). The van der Waals surface area contributed by atoms with Crippen LogP contribution in [0.25, 0.3) is 0 Å². The SMILES string of the molecule is CCC(NC(=O)[C@@H]1C[C@H](NC(=O)CCCCCCCCC(=O)NCCN2CC(C)Oc3ccc(F)cc3[C@@H](C)NC3=CC=NC(N3)C(C=[NH2+])C2=O)CN1C(=O)[C@@H](NC(=O)[C@H](C)NC)C(C)(C)C)c1ccccc1. The van der Waals surface area contributed by atoms with Gasteiger partial charge in [0.1, 0.15) is 41.7 Å². The Kier molecular flexibility index (Phi) is 21.8. The summed E-state index contributed by atoms with van der Waals surface area (Å²) in [7, 11) is 1.67. The minimum absolute atomic E-state index is 0.124. The van der Waals surface area contributed by atoms with Crippen LogP contribution in [-0.2, 0) is 28.8 Å². The average Bonchev–Trinajstić information content (AvgIpc) is 3.79. The van der Waals surface area contributed by atoms with E-state index >= 15 is 0 Å². The number of nitrogens with zero attached hydrogens (tertiary/aromatic N) is 3. The summed E-state index contributed by atoms with van der Waals surface area (Å²) >= 11 is 0. The van der Waals surface area contributed by atoms with Crippen LogP contribution in [0.4, 0.5) is 4.39 Å². The summed E-state index contributed by atoms with van der Waals surface area (Å²) in [6.07, 6.45) is 9.75. The van der Waals surface area contributed by atoms with Crippen molar-refractivity contribution in [2.75, 3.05) is 33.2 Å². The Morgan fingerprint density at radius 3 is 2.29 bits per heavy atom. The minimum atomic E-state index is -0.916. The first kappa shape index (κ1) is 57.5. The molecule has 19 heteroatoms. The van der Waals surface area contributed by atoms with Crippen LogP contribution in [0.2, 0.25) is 0 Å². The smallest absolute Gasteiger partial charge is 0.246 e. The summed E-state index contributed by atoms with van der Waals surface area (Å²) < 4.78 is 20.7. The molecule has 9 N–H and O–H groups in total. The zero-order valence-corrected chi connectivity index (χ0v) is 44.1. The van der Waals surface area contributed by atoms with Gasteiger partial charge in [-0.1, -0.05) is 83.7 Å². The van der Waals surface area contributed by atoms with Crippen molar-refractivity contribution in [1.29, 1.82) is 0 Å². The van der Waals surface area contributed by atoms with E-state index in [4.69, 9.17) is 10.1 Å². The van der Waals surface area contributed by atoms with Gasteiger partial charge < -0.3 is 51.8 Å². The Bertz CT molecular complexity index is 2270. The van der Waals surface area contributed by atoms with Crippen molar-refractivity contribution >= 4 is 47.9 Å². The van der Waals surface area contributed by atoms with Crippen molar-refractivity contribution in [1.82, 2.24) is 47.0 Å². The second-order valence-corrected chi connectivity index (χ2v) is 20.6. The van der Waals surface area contributed by atoms with Gasteiger partial charge in [0.2, 0.25) is 35.4 Å². The number of rotatable bonds is 22. The van der Waals surface area contributed by atoms with E-state index in [2.05, 4.69) is 42.2 Å². The van der Waals surface area contributed by atoms with E-state index in [0.717, 1.165) is 31.2 Å². The summed E-state index contributed by atoms with van der Waals surface area (Å²) in [6.45, 7) is 13.8. The first-order chi connectivity index (χ1) is 34.8. The van der Waals surface area contributed by atoms with Gasteiger partial charge in [0, 0.05) is 50.3 Å². The summed E-state index contributed by atoms with van der Waals surface area (Å²) in [4.78, 5) is 89.3. The largest absolute Gasteiger partial charge is 0.489 e. The normalized spacial score (nSPS) is 22.2. The minimum Gasteiger partial charge on any atom is -0.489 e. The molecule has 0 aromatic heterocycles. The van der Waals surface area contributed by atoms with Crippen LogP contribution in [0.1, 0.15) is 136 Å². The topological polar surface area (TPSA) is 240 Å². The molecule has 73 heavy (non-hydrogen) atoms. The molecule has 1 saturated heterocycles. The Morgan fingerprint density at radius 2 is 1.63 bits per heavy atom. The maximum absolute atomic E-state index is 14.4. The molecule has 0 saturated carbocycles. The molecular weight excluding hydrogens is 934 g/mol. The molecule has 3 heterocycles. The fraction of sp³-hybridized carbons (Fsp3) is 0.593. The number of nitrogens with one attached hydrogen (secondary N) is 7. The first-order valence-corrected chi connectivity index (χ1v) is 26.1. The van der Waals surface area contributed by atoms with Crippen LogP contribution in [0.15, 0.2) is 65.4 Å². The number of benzene rings is 2. The van der Waals surface area contributed by atoms with Crippen molar-refractivity contribution in [3.8, 4) is 5.75 Å². The lowest BCUT2D eigenvalue weighted by molar-refractivity contribution is -0.144. The number of hydrogen-bond donors (Lipinski definition) is 8. The zero-order chi connectivity index (χ0) is 53.2. The molecular formula is C54H81FN11O7+. The summed E-state index contributed by atoms with van der Waals surface area (Å²) in [5.41, 5.74) is 0.894. The third kappa shape index (κ3) is 16.8. The van der Waals surface area contributed by atoms with E-state index in [1.807, 2.05) is 71.9 Å². The van der Waals surface area contributed by atoms with Crippen LogP contribution in [-0.4, -0.2) is 127 Å². The molecule has 3 aliphatic heterocycles. The Hall–Kier alpha value is -6.37. The van der Waals surface area contributed by atoms with E-state index in [0.29, 0.717) is 49.2 Å². The van der Waals surface area contributed by atoms with Crippen molar-refractivity contribution < 1.29 is 43.3 Å². The van der Waals surface area contributed by atoms with Gasteiger partial charge in [-0.2, -0.15) is 0 Å². The molecule has 6 amide bonds. The maximum atomic E-state index is 14.4. The van der Waals surface area contributed by atoms with Gasteiger partial charge in [-0.05, 0) is 88.8 Å². The molecule has 9 atom stereocenters. The Balaban J connectivity index is 1.06. The molecule has 0 spiro atoms. The summed E-state index contributed by atoms with van der Waals surface area (Å²) in [5, 5.41) is 27.6. The molecule has 2 aromatic rings. The third-order valence-electron chi connectivity index (χ3n) is 13.7. The van der Waals surface area contributed by atoms with Gasteiger partial charge in [0.05, 0.1) is 24.7 Å². The quantitative estimate of drug-likeness (QED) is 0.0634. The highest BCUT2D eigenvalue weighted by Gasteiger charge is 2.46. The number of carbonyl (C=O) groups excluding carboxylic acids is 6. The average molecular weight is 1020 g/mol. The van der Waals surface area contributed by atoms with E-state index in [-0.39, 0.29) is 80.1 Å². The molecule has 0 radical (unpaired) electrons. The van der Waals surface area contributed by atoms with Crippen molar-refractivity contribution in [3.63, 3.8) is 0 Å². The van der Waals surface area contributed by atoms with Gasteiger partial charge in [-0.25, -0.2) is 4.39 Å². The second kappa shape index (κ2) is 27.6. The molecule has 3 aliphatic rings. The predicted octanol–water partition coefficient (Wildman–Crippen LogP) is 3.10. The number of hydrogen-bond acceptors (Lipinski definition) is 11. The highest BCUT2D eigenvalue weighted by molar-refractivity contribution is 5.95. The van der Waals surface area contributed by atoms with E-state index < -0.39 is 53.6 Å². The molecule has 400 valence electrons. The van der Waals surface area contributed by atoms with Crippen molar-refractivity contribution in [2.24, 2.45) is 16.3 Å². The lowest BCUT2D eigenvalue weighted by Crippen LogP contribution is -2.59. The van der Waals surface area contributed by atoms with Crippen LogP contribution >= 0.6 is 0 Å². The van der Waals surface area contributed by atoms with E-state index in [1.54, 1.807) is 37.2 Å². The number of halogens is 1. The Labute approximate surface area is 430 Å². The van der Waals surface area contributed by atoms with Crippen LogP contribution in [0, 0.1) is 17.2 Å². The van der Waals surface area contributed by atoms with E-state index in [9.17, 15) is 33.2 Å². The number of amides is 6. The third-order valence-corrected chi connectivity index (χ3v) is 13.7. The van der Waals surface area contributed by atoms with Crippen molar-refractivity contribution in [2.45, 2.75) is 161 Å². The number of nitrogens with two attached hydrogens (primary N) is 1. The van der Waals surface area contributed by atoms with Gasteiger partial charge in [-0.15, -0.1) is 0 Å². The number of likely N-dealkylation sites (N-methyl/N-ethyl adjacent to an activating group) is 1. The number of allylic oxidation sites excluding steroid dienone is 1. The van der Waals surface area contributed by atoms with E-state index in [1.165, 1.54) is 23.2 Å². The van der Waals surface area contributed by atoms with Gasteiger partial charge in [0.15, 0.2) is 12.1 Å². The van der Waals surface area contributed by atoms with Crippen LogP contribution in [0.3, 0.4) is 0 Å². The maximum Gasteiger partial charge on any atom is 0.246 e. The lowest BCUT2D eigenvalue weighted by Gasteiger charge is -2.36. The summed E-state index contributed by atoms with van der Waals surface area (Å²) in [5.74, 6) is -1.72. The number of likely N-dealkylation sites (tertiary alicyclic amines) is 1. The van der Waals surface area contributed by atoms with Crippen LogP contribution < -0.4 is 47.4 Å². The number of carbonyl (C=O) groups is 6. The second-order valence-electron chi connectivity index (χ2n) is 20.6. The lowest BCUT2D eigenvalue weighted by atomic mass is 9.85.